The molecule has 10 aromatic rings. The van der Waals surface area contributed by atoms with Crippen molar-refractivity contribution in [3.63, 3.8) is 0 Å². The Bertz CT molecular complexity index is 2900. The van der Waals surface area contributed by atoms with Crippen LogP contribution in [-0.2, 0) is 0 Å². The summed E-state index contributed by atoms with van der Waals surface area (Å²) in [5, 5.41) is 5.38. The molecule has 51 heavy (non-hydrogen) atoms. The van der Waals surface area contributed by atoms with E-state index in [1.54, 1.807) is 0 Å². The normalized spacial score (nSPS) is 11.5. The average Bonchev–Trinajstić information content (AvgIpc) is 3.61. The third-order valence-electron chi connectivity index (χ3n) is 9.68. The van der Waals surface area contributed by atoms with Crippen LogP contribution in [0.5, 0.6) is 0 Å². The maximum atomic E-state index is 6.66. The van der Waals surface area contributed by atoms with Crippen molar-refractivity contribution in [3.8, 4) is 56.3 Å². The summed E-state index contributed by atoms with van der Waals surface area (Å²) in [5.41, 5.74) is 11.5. The number of pyridine rings is 1. The second-order valence-electron chi connectivity index (χ2n) is 12.8. The predicted octanol–water partition coefficient (Wildman–Crippen LogP) is 12.4. The van der Waals surface area contributed by atoms with Crippen molar-refractivity contribution in [3.05, 3.63) is 176 Å². The van der Waals surface area contributed by atoms with Gasteiger partial charge in [-0.2, -0.15) is 0 Å². The third-order valence-corrected chi connectivity index (χ3v) is 9.68. The fourth-order valence-corrected chi connectivity index (χ4v) is 7.18. The van der Waals surface area contributed by atoms with E-state index in [0.717, 1.165) is 82.9 Å². The largest absolute Gasteiger partial charge is 0.455 e. The van der Waals surface area contributed by atoms with Crippen LogP contribution in [0, 0.1) is 0 Å². The molecule has 0 atom stereocenters. The molecule has 10 rings (SSSR count). The number of hydrogen-bond acceptors (Lipinski definition) is 4. The minimum Gasteiger partial charge on any atom is -0.455 e. The Hall–Kier alpha value is -6.91. The van der Waals surface area contributed by atoms with Crippen LogP contribution in [0.3, 0.4) is 0 Å². The van der Waals surface area contributed by atoms with Gasteiger partial charge in [0.25, 0.3) is 0 Å². The minimum absolute atomic E-state index is 0.680. The molecular weight excluding hydrogens is 623 g/mol. The SMILES string of the molecule is c1ccc(-c2ccc(-c3cc(-c4cccc(-c5nc6ccc7ccccc7c6c6oc7ccccc7c56)c4)nc(-c4ccccc4)n3)cc2)cc1. The van der Waals surface area contributed by atoms with E-state index in [1.165, 1.54) is 11.1 Å². The van der Waals surface area contributed by atoms with Crippen LogP contribution >= 0.6 is 0 Å². The van der Waals surface area contributed by atoms with Crippen molar-refractivity contribution < 1.29 is 4.42 Å². The quantitative estimate of drug-likeness (QED) is 0.174. The molecule has 0 amide bonds. The number of para-hydroxylation sites is 1. The van der Waals surface area contributed by atoms with Gasteiger partial charge in [0.05, 0.1) is 33.4 Å². The molecule has 0 N–H and O–H groups in total. The molecule has 3 aromatic heterocycles. The van der Waals surface area contributed by atoms with Crippen molar-refractivity contribution >= 4 is 43.6 Å². The summed E-state index contributed by atoms with van der Waals surface area (Å²) < 4.78 is 6.66. The number of hydrogen-bond donors (Lipinski definition) is 0. The highest BCUT2D eigenvalue weighted by molar-refractivity contribution is 6.25. The van der Waals surface area contributed by atoms with Gasteiger partial charge in [0.1, 0.15) is 11.2 Å². The van der Waals surface area contributed by atoms with Crippen LogP contribution in [-0.4, -0.2) is 15.0 Å². The average molecular weight is 652 g/mol. The molecule has 3 heterocycles. The van der Waals surface area contributed by atoms with E-state index in [2.05, 4.69) is 140 Å². The lowest BCUT2D eigenvalue weighted by Gasteiger charge is -2.12. The Labute approximate surface area is 294 Å². The van der Waals surface area contributed by atoms with Gasteiger partial charge in [0.15, 0.2) is 5.82 Å². The molecular formula is C47H29N3O. The highest BCUT2D eigenvalue weighted by Crippen LogP contribution is 2.42. The van der Waals surface area contributed by atoms with Crippen LogP contribution in [0.2, 0.25) is 0 Å². The Kier molecular flexibility index (Phi) is 6.78. The second-order valence-corrected chi connectivity index (χ2v) is 12.8. The van der Waals surface area contributed by atoms with E-state index < -0.39 is 0 Å². The summed E-state index contributed by atoms with van der Waals surface area (Å²) in [6.07, 6.45) is 0. The van der Waals surface area contributed by atoms with Crippen LogP contribution in [0.1, 0.15) is 0 Å². The van der Waals surface area contributed by atoms with Crippen molar-refractivity contribution in [1.29, 1.82) is 0 Å². The van der Waals surface area contributed by atoms with Crippen molar-refractivity contribution in [2.45, 2.75) is 0 Å². The molecule has 0 aliphatic heterocycles. The van der Waals surface area contributed by atoms with Crippen LogP contribution in [0.4, 0.5) is 0 Å². The zero-order valence-corrected chi connectivity index (χ0v) is 27.5. The molecule has 0 unspecified atom stereocenters. The van der Waals surface area contributed by atoms with Crippen molar-refractivity contribution in [2.24, 2.45) is 0 Å². The number of rotatable bonds is 5. The van der Waals surface area contributed by atoms with E-state index >= 15 is 0 Å². The minimum atomic E-state index is 0.680. The highest BCUT2D eigenvalue weighted by Gasteiger charge is 2.20. The van der Waals surface area contributed by atoms with E-state index in [1.807, 2.05) is 36.4 Å². The van der Waals surface area contributed by atoms with E-state index in [-0.39, 0.29) is 0 Å². The van der Waals surface area contributed by atoms with Gasteiger partial charge >= 0.3 is 0 Å². The number of benzene rings is 7. The molecule has 0 radical (unpaired) electrons. The van der Waals surface area contributed by atoms with Gasteiger partial charge in [-0.15, -0.1) is 0 Å². The molecule has 0 spiro atoms. The lowest BCUT2D eigenvalue weighted by atomic mass is 9.97. The van der Waals surface area contributed by atoms with E-state index in [0.29, 0.717) is 5.82 Å². The lowest BCUT2D eigenvalue weighted by Crippen LogP contribution is -1.96. The molecule has 4 nitrogen and oxygen atoms in total. The van der Waals surface area contributed by atoms with Gasteiger partial charge in [-0.25, -0.2) is 15.0 Å². The molecule has 0 saturated carbocycles. The van der Waals surface area contributed by atoms with E-state index in [9.17, 15) is 0 Å². The first-order valence-electron chi connectivity index (χ1n) is 17.1. The summed E-state index contributed by atoms with van der Waals surface area (Å²) in [4.78, 5) is 15.6. The van der Waals surface area contributed by atoms with Gasteiger partial charge < -0.3 is 4.42 Å². The maximum absolute atomic E-state index is 6.66. The van der Waals surface area contributed by atoms with E-state index in [4.69, 9.17) is 19.4 Å². The second kappa shape index (κ2) is 11.9. The first-order valence-corrected chi connectivity index (χ1v) is 17.1. The fraction of sp³-hybridized carbons (Fsp3) is 0. The number of fused-ring (bicyclic) bond motifs is 7. The number of furan rings is 1. The van der Waals surface area contributed by atoms with Crippen LogP contribution in [0.25, 0.3) is 99.9 Å². The Morgan fingerprint density at radius 3 is 1.78 bits per heavy atom. The van der Waals surface area contributed by atoms with Gasteiger partial charge in [-0.1, -0.05) is 152 Å². The smallest absolute Gasteiger partial charge is 0.160 e. The van der Waals surface area contributed by atoms with Crippen molar-refractivity contribution in [2.75, 3.05) is 0 Å². The predicted molar refractivity (Wildman–Crippen MR) is 209 cm³/mol. The zero-order chi connectivity index (χ0) is 33.7. The standard InChI is InChI=1S/C47H29N3O/c1-3-12-30(13-4-1)31-22-24-33(25-23-31)40-29-41(50-47(49-40)34-15-5-2-6-16-34)35-17-11-18-36(28-35)45-44-38-20-9-10-21-42(38)51-46(44)43-37-19-8-7-14-32(37)26-27-39(43)48-45/h1-29H. The summed E-state index contributed by atoms with van der Waals surface area (Å²) in [5.74, 6) is 0.680. The molecule has 0 bridgehead atoms. The first kappa shape index (κ1) is 29.0. The van der Waals surface area contributed by atoms with Gasteiger partial charge in [-0.05, 0) is 46.2 Å². The topological polar surface area (TPSA) is 51.8 Å². The summed E-state index contributed by atoms with van der Waals surface area (Å²) in [6.45, 7) is 0. The Morgan fingerprint density at radius 1 is 0.373 bits per heavy atom. The molecule has 4 heteroatoms. The summed E-state index contributed by atoms with van der Waals surface area (Å²) in [6, 6.07) is 60.7. The molecule has 0 aliphatic carbocycles. The molecule has 0 saturated heterocycles. The molecule has 7 aromatic carbocycles. The first-order chi connectivity index (χ1) is 25.3. The van der Waals surface area contributed by atoms with Crippen molar-refractivity contribution in [1.82, 2.24) is 15.0 Å². The lowest BCUT2D eigenvalue weighted by molar-refractivity contribution is 0.673. The zero-order valence-electron chi connectivity index (χ0n) is 27.5. The van der Waals surface area contributed by atoms with Gasteiger partial charge in [0.2, 0.25) is 0 Å². The molecule has 238 valence electrons. The molecule has 0 aliphatic rings. The fourth-order valence-electron chi connectivity index (χ4n) is 7.18. The number of nitrogens with zero attached hydrogens (tertiary/aromatic N) is 3. The molecule has 0 fully saturated rings. The third kappa shape index (κ3) is 5.04. The Balaban J connectivity index is 1.16. The number of aromatic nitrogens is 3. The highest BCUT2D eigenvalue weighted by atomic mass is 16.3. The van der Waals surface area contributed by atoms with Gasteiger partial charge in [-0.3, -0.25) is 0 Å². The Morgan fingerprint density at radius 2 is 0.980 bits per heavy atom. The summed E-state index contributed by atoms with van der Waals surface area (Å²) >= 11 is 0. The maximum Gasteiger partial charge on any atom is 0.160 e. The van der Waals surface area contributed by atoms with Crippen LogP contribution in [0.15, 0.2) is 180 Å². The monoisotopic (exact) mass is 651 g/mol. The van der Waals surface area contributed by atoms with Crippen LogP contribution < -0.4 is 0 Å². The van der Waals surface area contributed by atoms with Gasteiger partial charge in [0, 0.05) is 27.6 Å². The summed E-state index contributed by atoms with van der Waals surface area (Å²) in [7, 11) is 0.